The molecule has 1 unspecified atom stereocenters. The molecule has 2 aromatic rings. The second-order valence-electron chi connectivity index (χ2n) is 10.0. The molecular weight excluding hydrogens is 500 g/mol. The number of likely N-dealkylation sites (tertiary alicyclic amines) is 1. The van der Waals surface area contributed by atoms with Gasteiger partial charge in [-0.25, -0.2) is 0 Å². The van der Waals surface area contributed by atoms with Crippen LogP contribution < -0.4 is 14.4 Å². The zero-order valence-corrected chi connectivity index (χ0v) is 22.9. The zero-order valence-electron chi connectivity index (χ0n) is 22.9. The number of Topliss-reactive ketones (excluding diaryl/α,β-unsaturated/α-hetero) is 1. The van der Waals surface area contributed by atoms with E-state index in [0.717, 1.165) is 24.0 Å². The zero-order chi connectivity index (χ0) is 27.9. The van der Waals surface area contributed by atoms with E-state index < -0.39 is 0 Å². The lowest BCUT2D eigenvalue weighted by Crippen LogP contribution is -2.43. The summed E-state index contributed by atoms with van der Waals surface area (Å²) in [5.74, 6) is 0.145. The van der Waals surface area contributed by atoms with E-state index in [1.54, 1.807) is 34.9 Å². The van der Waals surface area contributed by atoms with Crippen molar-refractivity contribution in [3.05, 3.63) is 53.1 Å². The van der Waals surface area contributed by atoms with Crippen LogP contribution in [0.2, 0.25) is 0 Å². The highest BCUT2D eigenvalue weighted by atomic mass is 16.5. The van der Waals surface area contributed by atoms with Crippen molar-refractivity contribution in [2.24, 2.45) is 5.92 Å². The summed E-state index contributed by atoms with van der Waals surface area (Å²) in [6.45, 7) is 7.05. The third-order valence-corrected chi connectivity index (χ3v) is 7.09. The largest absolute Gasteiger partial charge is 0.485 e. The van der Waals surface area contributed by atoms with Crippen molar-refractivity contribution in [2.45, 2.75) is 46.5 Å². The summed E-state index contributed by atoms with van der Waals surface area (Å²) in [4.78, 5) is 53.9. The molecule has 0 N–H and O–H groups in total. The molecule has 0 aliphatic carbocycles. The van der Waals surface area contributed by atoms with Crippen molar-refractivity contribution in [3.63, 3.8) is 0 Å². The molecule has 208 valence electrons. The van der Waals surface area contributed by atoms with Crippen molar-refractivity contribution in [1.82, 2.24) is 4.90 Å². The number of benzene rings is 2. The van der Waals surface area contributed by atoms with Gasteiger partial charge in [-0.05, 0) is 75.4 Å². The molecule has 1 saturated heterocycles. The third-order valence-electron chi connectivity index (χ3n) is 7.09. The number of amides is 2. The van der Waals surface area contributed by atoms with Gasteiger partial charge >= 0.3 is 5.97 Å². The van der Waals surface area contributed by atoms with Gasteiger partial charge in [0.05, 0.1) is 18.2 Å². The topological polar surface area (TPSA) is 102 Å². The minimum atomic E-state index is -0.287. The van der Waals surface area contributed by atoms with Gasteiger partial charge in [0.25, 0.3) is 5.91 Å². The fourth-order valence-corrected chi connectivity index (χ4v) is 4.91. The molecule has 4 rings (SSSR count). The molecule has 9 heteroatoms. The Morgan fingerprint density at radius 3 is 2.72 bits per heavy atom. The van der Waals surface area contributed by atoms with Gasteiger partial charge in [-0.15, -0.1) is 0 Å². The maximum absolute atomic E-state index is 12.9. The highest BCUT2D eigenvalue weighted by Crippen LogP contribution is 2.33. The van der Waals surface area contributed by atoms with Crippen LogP contribution in [0.15, 0.2) is 36.4 Å². The molecule has 0 aromatic heterocycles. The first-order chi connectivity index (χ1) is 18.8. The summed E-state index contributed by atoms with van der Waals surface area (Å²) in [6, 6.07) is 10.8. The maximum Gasteiger partial charge on any atom is 0.310 e. The van der Waals surface area contributed by atoms with E-state index in [4.69, 9.17) is 14.2 Å². The van der Waals surface area contributed by atoms with Crippen LogP contribution in [0.25, 0.3) is 0 Å². The molecule has 0 bridgehead atoms. The van der Waals surface area contributed by atoms with Gasteiger partial charge in [0.15, 0.2) is 19.0 Å². The number of ketones is 1. The molecule has 2 amide bonds. The molecule has 0 radical (unpaired) electrons. The van der Waals surface area contributed by atoms with E-state index in [1.165, 1.54) is 0 Å². The van der Waals surface area contributed by atoms with Crippen molar-refractivity contribution in [1.29, 1.82) is 0 Å². The van der Waals surface area contributed by atoms with Gasteiger partial charge in [0.2, 0.25) is 5.91 Å². The average molecular weight is 537 g/mol. The Morgan fingerprint density at radius 1 is 1.10 bits per heavy atom. The lowest BCUT2D eigenvalue weighted by Gasteiger charge is -2.32. The molecule has 1 fully saturated rings. The molecular formula is C30H36N2O7. The number of carbonyl (C=O) groups is 4. The minimum absolute atomic E-state index is 0.0440. The van der Waals surface area contributed by atoms with Crippen LogP contribution in [-0.2, 0) is 19.1 Å². The Hall–Kier alpha value is -3.88. The molecule has 2 heterocycles. The number of ether oxygens (including phenoxy) is 3. The SMILES string of the molecule is CCOC(=O)C1CCCN(C(=O)CCCN2C(=O)COc3ccc(C(=O)COc4cc(C)ccc4C)cc32)C1. The van der Waals surface area contributed by atoms with Gasteiger partial charge in [-0.1, -0.05) is 12.1 Å². The molecule has 2 aliphatic heterocycles. The number of hydrogen-bond acceptors (Lipinski definition) is 7. The number of hydrogen-bond donors (Lipinski definition) is 0. The Morgan fingerprint density at radius 2 is 1.92 bits per heavy atom. The van der Waals surface area contributed by atoms with Crippen molar-refractivity contribution < 1.29 is 33.4 Å². The maximum atomic E-state index is 12.9. The standard InChI is InChI=1S/C30H36N2O7/c1-4-37-30(36)23-7-5-13-31(17-23)28(34)8-6-14-32-24-16-22(11-12-26(24)39-19-29(32)35)25(33)18-38-27-15-20(2)9-10-21(27)3/h9-12,15-16,23H,4-8,13-14,17-19H2,1-3H3. The van der Waals surface area contributed by atoms with E-state index in [2.05, 4.69) is 0 Å². The van der Waals surface area contributed by atoms with Crippen LogP contribution in [0.3, 0.4) is 0 Å². The molecule has 0 spiro atoms. The lowest BCUT2D eigenvalue weighted by molar-refractivity contribution is -0.151. The van der Waals surface area contributed by atoms with Crippen molar-refractivity contribution >= 4 is 29.3 Å². The van der Waals surface area contributed by atoms with Gasteiger partial charge in [0, 0.05) is 31.6 Å². The number of nitrogens with zero attached hydrogens (tertiary/aromatic N) is 2. The molecule has 2 aliphatic rings. The van der Waals surface area contributed by atoms with Gasteiger partial charge in [0.1, 0.15) is 11.5 Å². The van der Waals surface area contributed by atoms with Gasteiger partial charge in [-0.3, -0.25) is 19.2 Å². The molecule has 0 saturated carbocycles. The number of piperidine rings is 1. The van der Waals surface area contributed by atoms with Crippen LogP contribution >= 0.6 is 0 Å². The minimum Gasteiger partial charge on any atom is -0.485 e. The number of esters is 1. The summed E-state index contributed by atoms with van der Waals surface area (Å²) in [5.41, 5.74) is 2.91. The number of fused-ring (bicyclic) bond motifs is 1. The van der Waals surface area contributed by atoms with Crippen molar-refractivity contribution in [3.8, 4) is 11.5 Å². The first-order valence-corrected chi connectivity index (χ1v) is 13.5. The monoisotopic (exact) mass is 536 g/mol. The van der Waals surface area contributed by atoms with Gasteiger partial charge in [-0.2, -0.15) is 0 Å². The highest BCUT2D eigenvalue weighted by Gasteiger charge is 2.30. The van der Waals surface area contributed by atoms with Gasteiger partial charge < -0.3 is 24.0 Å². The Bertz CT molecular complexity index is 1240. The first-order valence-electron chi connectivity index (χ1n) is 13.5. The van der Waals surface area contributed by atoms with Crippen LogP contribution in [0.1, 0.15) is 54.1 Å². The number of aryl methyl sites for hydroxylation is 2. The lowest BCUT2D eigenvalue weighted by atomic mass is 9.98. The summed E-state index contributed by atoms with van der Waals surface area (Å²) in [5, 5.41) is 0. The van der Waals surface area contributed by atoms with E-state index in [-0.39, 0.29) is 49.1 Å². The third kappa shape index (κ3) is 6.96. The molecule has 39 heavy (non-hydrogen) atoms. The Kier molecular flexibility index (Phi) is 9.22. The van der Waals surface area contributed by atoms with E-state index in [9.17, 15) is 19.2 Å². The fourth-order valence-electron chi connectivity index (χ4n) is 4.91. The number of anilines is 1. The summed E-state index contributed by atoms with van der Waals surface area (Å²) in [7, 11) is 0. The molecule has 9 nitrogen and oxygen atoms in total. The Balaban J connectivity index is 1.36. The number of rotatable bonds is 10. The van der Waals surface area contributed by atoms with Crippen LogP contribution in [0, 0.1) is 19.8 Å². The molecule has 1 atom stereocenters. The quantitative estimate of drug-likeness (QED) is 0.336. The van der Waals surface area contributed by atoms with E-state index in [1.807, 2.05) is 32.0 Å². The highest BCUT2D eigenvalue weighted by molar-refractivity contribution is 6.02. The van der Waals surface area contributed by atoms with E-state index in [0.29, 0.717) is 55.4 Å². The fraction of sp³-hybridized carbons (Fsp3) is 0.467. The van der Waals surface area contributed by atoms with Crippen LogP contribution in [0.4, 0.5) is 5.69 Å². The summed E-state index contributed by atoms with van der Waals surface area (Å²) in [6.07, 6.45) is 2.17. The molecule has 2 aromatic carbocycles. The number of carbonyl (C=O) groups excluding carboxylic acids is 4. The summed E-state index contributed by atoms with van der Waals surface area (Å²) >= 11 is 0. The van der Waals surface area contributed by atoms with Crippen LogP contribution in [0.5, 0.6) is 11.5 Å². The second-order valence-corrected chi connectivity index (χ2v) is 10.0. The summed E-state index contributed by atoms with van der Waals surface area (Å²) < 4.78 is 16.5. The predicted octanol–water partition coefficient (Wildman–Crippen LogP) is 3.87. The first kappa shape index (κ1) is 28.1. The second kappa shape index (κ2) is 12.8. The van der Waals surface area contributed by atoms with Crippen LogP contribution in [-0.4, -0.2) is 67.9 Å². The van der Waals surface area contributed by atoms with Crippen molar-refractivity contribution in [2.75, 3.05) is 44.4 Å². The predicted molar refractivity (Wildman–Crippen MR) is 145 cm³/mol. The normalized spacial score (nSPS) is 16.8. The average Bonchev–Trinajstić information content (AvgIpc) is 2.94. The smallest absolute Gasteiger partial charge is 0.310 e. The Labute approximate surface area is 229 Å². The van der Waals surface area contributed by atoms with E-state index >= 15 is 0 Å².